The second-order valence-electron chi connectivity index (χ2n) is 5.03. The lowest BCUT2D eigenvalue weighted by atomic mass is 10.1. The van der Waals surface area contributed by atoms with Crippen LogP contribution in [-0.2, 0) is 16.0 Å². The number of allylic oxidation sites excluding steroid dienone is 3. The Bertz CT molecular complexity index is 469. The van der Waals surface area contributed by atoms with E-state index in [9.17, 15) is 4.79 Å². The molecule has 0 aliphatic rings. The number of esters is 1. The molecular weight excluding hydrogens is 248 g/mol. The van der Waals surface area contributed by atoms with Gasteiger partial charge in [0.2, 0.25) is 0 Å². The molecule has 2 heteroatoms. The Morgan fingerprint density at radius 1 is 1.20 bits per heavy atom. The molecule has 0 saturated carbocycles. The Labute approximate surface area is 122 Å². The van der Waals surface area contributed by atoms with Gasteiger partial charge in [-0.15, -0.1) is 0 Å². The Hall–Kier alpha value is -1.83. The highest BCUT2D eigenvalue weighted by Crippen LogP contribution is 2.07. The molecule has 0 saturated heterocycles. The monoisotopic (exact) mass is 272 g/mol. The predicted octanol–water partition coefficient (Wildman–Crippen LogP) is 4.47. The molecule has 1 aromatic rings. The SMILES string of the molecule is CCC/C(C)=C/C(C)=C/COC(=O)Cc1ccccc1. The number of benzene rings is 1. The van der Waals surface area contributed by atoms with E-state index in [2.05, 4.69) is 19.9 Å². The Morgan fingerprint density at radius 2 is 1.90 bits per heavy atom. The van der Waals surface area contributed by atoms with Crippen LogP contribution in [0.4, 0.5) is 0 Å². The van der Waals surface area contributed by atoms with Crippen molar-refractivity contribution in [1.29, 1.82) is 0 Å². The lowest BCUT2D eigenvalue weighted by Gasteiger charge is -2.03. The van der Waals surface area contributed by atoms with E-state index in [0.29, 0.717) is 13.0 Å². The smallest absolute Gasteiger partial charge is 0.310 e. The van der Waals surface area contributed by atoms with Crippen LogP contribution in [0.3, 0.4) is 0 Å². The molecule has 0 aliphatic carbocycles. The highest BCUT2D eigenvalue weighted by molar-refractivity contribution is 5.72. The largest absolute Gasteiger partial charge is 0.461 e. The fourth-order valence-corrected chi connectivity index (χ4v) is 1.99. The number of carbonyl (C=O) groups excluding carboxylic acids is 1. The Kier molecular flexibility index (Phi) is 7.41. The highest BCUT2D eigenvalue weighted by atomic mass is 16.5. The summed E-state index contributed by atoms with van der Waals surface area (Å²) >= 11 is 0. The Morgan fingerprint density at radius 3 is 2.55 bits per heavy atom. The van der Waals surface area contributed by atoms with Gasteiger partial charge in [0, 0.05) is 0 Å². The fraction of sp³-hybridized carbons (Fsp3) is 0.389. The van der Waals surface area contributed by atoms with Crippen molar-refractivity contribution in [1.82, 2.24) is 0 Å². The van der Waals surface area contributed by atoms with Gasteiger partial charge in [0.15, 0.2) is 0 Å². The maximum atomic E-state index is 11.7. The molecule has 0 N–H and O–H groups in total. The molecule has 0 aromatic heterocycles. The number of ether oxygens (including phenoxy) is 1. The van der Waals surface area contributed by atoms with Gasteiger partial charge < -0.3 is 4.74 Å². The van der Waals surface area contributed by atoms with Crippen LogP contribution in [0.1, 0.15) is 39.2 Å². The first-order chi connectivity index (χ1) is 9.61. The van der Waals surface area contributed by atoms with Crippen molar-refractivity contribution in [3.05, 3.63) is 59.2 Å². The van der Waals surface area contributed by atoms with Crippen LogP contribution in [0.25, 0.3) is 0 Å². The van der Waals surface area contributed by atoms with E-state index in [-0.39, 0.29) is 5.97 Å². The summed E-state index contributed by atoms with van der Waals surface area (Å²) in [6, 6.07) is 9.65. The zero-order valence-corrected chi connectivity index (χ0v) is 12.7. The summed E-state index contributed by atoms with van der Waals surface area (Å²) < 4.78 is 5.21. The van der Waals surface area contributed by atoms with Crippen LogP contribution in [0.2, 0.25) is 0 Å². The maximum absolute atomic E-state index is 11.7. The molecule has 0 amide bonds. The van der Waals surface area contributed by atoms with Crippen LogP contribution in [0.5, 0.6) is 0 Å². The van der Waals surface area contributed by atoms with Crippen LogP contribution in [0.15, 0.2) is 53.6 Å². The van der Waals surface area contributed by atoms with Gasteiger partial charge in [0.1, 0.15) is 6.61 Å². The van der Waals surface area contributed by atoms with Gasteiger partial charge in [-0.05, 0) is 31.9 Å². The molecule has 0 spiro atoms. The third-order valence-corrected chi connectivity index (χ3v) is 2.96. The molecule has 0 atom stereocenters. The molecule has 108 valence electrons. The number of hydrogen-bond donors (Lipinski definition) is 0. The molecule has 0 heterocycles. The second kappa shape index (κ2) is 9.13. The molecule has 0 unspecified atom stereocenters. The maximum Gasteiger partial charge on any atom is 0.310 e. The summed E-state index contributed by atoms with van der Waals surface area (Å²) in [5.41, 5.74) is 3.48. The normalized spacial score (nSPS) is 12.3. The van der Waals surface area contributed by atoms with Crippen molar-refractivity contribution >= 4 is 5.97 Å². The molecule has 0 aliphatic heterocycles. The van der Waals surface area contributed by atoms with Gasteiger partial charge in [-0.3, -0.25) is 4.79 Å². The minimum Gasteiger partial charge on any atom is -0.461 e. The summed E-state index contributed by atoms with van der Waals surface area (Å²) in [6.45, 7) is 6.67. The van der Waals surface area contributed by atoms with E-state index < -0.39 is 0 Å². The van der Waals surface area contributed by atoms with Crippen LogP contribution in [-0.4, -0.2) is 12.6 Å². The van der Waals surface area contributed by atoms with Gasteiger partial charge in [-0.1, -0.05) is 60.9 Å². The second-order valence-corrected chi connectivity index (χ2v) is 5.03. The summed E-state index contributed by atoms with van der Waals surface area (Å²) in [6.07, 6.45) is 6.69. The minimum absolute atomic E-state index is 0.186. The Balaban J connectivity index is 2.36. The fourth-order valence-electron chi connectivity index (χ4n) is 1.99. The third kappa shape index (κ3) is 6.93. The van der Waals surface area contributed by atoms with Crippen LogP contribution < -0.4 is 0 Å². The van der Waals surface area contributed by atoms with Crippen LogP contribution in [0, 0.1) is 0 Å². The molecule has 0 radical (unpaired) electrons. The van der Waals surface area contributed by atoms with Crippen molar-refractivity contribution in [2.24, 2.45) is 0 Å². The molecule has 2 nitrogen and oxygen atoms in total. The van der Waals surface area contributed by atoms with Gasteiger partial charge in [0.25, 0.3) is 0 Å². The summed E-state index contributed by atoms with van der Waals surface area (Å²) in [5, 5.41) is 0. The summed E-state index contributed by atoms with van der Waals surface area (Å²) in [7, 11) is 0. The van der Waals surface area contributed by atoms with Gasteiger partial charge in [-0.25, -0.2) is 0 Å². The van der Waals surface area contributed by atoms with Gasteiger partial charge in [0.05, 0.1) is 6.42 Å². The van der Waals surface area contributed by atoms with Crippen molar-refractivity contribution in [2.75, 3.05) is 6.61 Å². The van der Waals surface area contributed by atoms with Crippen molar-refractivity contribution in [2.45, 2.75) is 40.0 Å². The third-order valence-electron chi connectivity index (χ3n) is 2.96. The highest BCUT2D eigenvalue weighted by Gasteiger charge is 2.02. The zero-order chi connectivity index (χ0) is 14.8. The van der Waals surface area contributed by atoms with Crippen molar-refractivity contribution < 1.29 is 9.53 Å². The number of carbonyl (C=O) groups is 1. The number of hydrogen-bond acceptors (Lipinski definition) is 2. The van der Waals surface area contributed by atoms with E-state index in [4.69, 9.17) is 4.74 Å². The van der Waals surface area contributed by atoms with E-state index >= 15 is 0 Å². The number of rotatable bonds is 7. The van der Waals surface area contributed by atoms with Crippen molar-refractivity contribution in [3.63, 3.8) is 0 Å². The summed E-state index contributed by atoms with van der Waals surface area (Å²) in [5.74, 6) is -0.186. The topological polar surface area (TPSA) is 26.3 Å². The average Bonchev–Trinajstić information content (AvgIpc) is 2.39. The van der Waals surface area contributed by atoms with E-state index in [0.717, 1.165) is 24.0 Å². The molecule has 0 fully saturated rings. The first-order valence-electron chi connectivity index (χ1n) is 7.15. The average molecular weight is 272 g/mol. The van der Waals surface area contributed by atoms with Gasteiger partial charge >= 0.3 is 5.97 Å². The molecule has 0 bridgehead atoms. The lowest BCUT2D eigenvalue weighted by Crippen LogP contribution is -2.08. The zero-order valence-electron chi connectivity index (χ0n) is 12.7. The molecule has 1 rings (SSSR count). The predicted molar refractivity (Wildman–Crippen MR) is 83.5 cm³/mol. The van der Waals surface area contributed by atoms with Gasteiger partial charge in [-0.2, -0.15) is 0 Å². The lowest BCUT2D eigenvalue weighted by molar-refractivity contribution is -0.141. The minimum atomic E-state index is -0.186. The molecular formula is C18H24O2. The van der Waals surface area contributed by atoms with Crippen molar-refractivity contribution in [3.8, 4) is 0 Å². The molecule has 1 aromatic carbocycles. The first kappa shape index (κ1) is 16.2. The standard InChI is InChI=1S/C18H24O2/c1-4-8-15(2)13-16(3)11-12-20-18(19)14-17-9-6-5-7-10-17/h5-7,9-11,13H,4,8,12,14H2,1-3H3/b15-13+,16-11+. The summed E-state index contributed by atoms with van der Waals surface area (Å²) in [4.78, 5) is 11.7. The van der Waals surface area contributed by atoms with E-state index in [1.165, 1.54) is 5.57 Å². The first-order valence-corrected chi connectivity index (χ1v) is 7.15. The quantitative estimate of drug-likeness (QED) is 0.541. The van der Waals surface area contributed by atoms with E-state index in [1.54, 1.807) is 0 Å². The van der Waals surface area contributed by atoms with Crippen LogP contribution >= 0.6 is 0 Å². The molecule has 20 heavy (non-hydrogen) atoms. The van der Waals surface area contributed by atoms with E-state index in [1.807, 2.05) is 43.3 Å².